The van der Waals surface area contributed by atoms with Crippen molar-refractivity contribution < 1.29 is 0 Å². The first-order valence-corrected chi connectivity index (χ1v) is 6.67. The summed E-state index contributed by atoms with van der Waals surface area (Å²) in [6.07, 6.45) is 5.98. The van der Waals surface area contributed by atoms with E-state index < -0.39 is 0 Å². The molecular formula is C10H10N4S2. The van der Waals surface area contributed by atoms with Crippen LogP contribution < -0.4 is 5.32 Å². The second-order valence-electron chi connectivity index (χ2n) is 3.40. The zero-order valence-electron chi connectivity index (χ0n) is 8.46. The van der Waals surface area contributed by atoms with Gasteiger partial charge in [-0.05, 0) is 0 Å². The van der Waals surface area contributed by atoms with E-state index in [0.29, 0.717) is 0 Å². The molecule has 82 valence electrons. The Bertz CT molecular complexity index is 538. The van der Waals surface area contributed by atoms with Crippen LogP contribution in [0.5, 0.6) is 0 Å². The maximum atomic E-state index is 4.50. The molecule has 4 nitrogen and oxygen atoms in total. The molecule has 0 amide bonds. The minimum absolute atomic E-state index is 0.798. The number of aromatic nitrogens is 3. The van der Waals surface area contributed by atoms with E-state index >= 15 is 0 Å². The van der Waals surface area contributed by atoms with E-state index in [0.717, 1.165) is 23.7 Å². The maximum Gasteiger partial charge on any atom is 0.193 e. The summed E-state index contributed by atoms with van der Waals surface area (Å²) in [5, 5.41) is 5.39. The number of imidazole rings is 1. The van der Waals surface area contributed by atoms with Crippen molar-refractivity contribution >= 4 is 27.6 Å². The lowest BCUT2D eigenvalue weighted by Gasteiger charge is -1.98. The first kappa shape index (κ1) is 9.95. The van der Waals surface area contributed by atoms with Gasteiger partial charge in [0.15, 0.2) is 4.96 Å². The van der Waals surface area contributed by atoms with Crippen LogP contribution >= 0.6 is 22.7 Å². The van der Waals surface area contributed by atoms with Gasteiger partial charge in [-0.15, -0.1) is 22.7 Å². The molecule has 0 aliphatic rings. The first-order valence-electron chi connectivity index (χ1n) is 4.91. The third-order valence-corrected chi connectivity index (χ3v) is 3.78. The minimum Gasteiger partial charge on any atom is -0.306 e. The molecule has 0 aliphatic heterocycles. The van der Waals surface area contributed by atoms with Crippen LogP contribution in [0, 0.1) is 0 Å². The molecule has 3 heterocycles. The second-order valence-corrected chi connectivity index (χ2v) is 5.24. The lowest BCUT2D eigenvalue weighted by molar-refractivity contribution is 0.689. The van der Waals surface area contributed by atoms with Crippen LogP contribution in [0.25, 0.3) is 4.96 Å². The number of nitrogens with zero attached hydrogens (tertiary/aromatic N) is 3. The summed E-state index contributed by atoms with van der Waals surface area (Å²) >= 11 is 3.32. The molecule has 0 atom stereocenters. The zero-order valence-corrected chi connectivity index (χ0v) is 10.1. The molecule has 0 fully saturated rings. The van der Waals surface area contributed by atoms with Crippen LogP contribution in [-0.2, 0) is 13.1 Å². The van der Waals surface area contributed by atoms with Gasteiger partial charge in [0.1, 0.15) is 0 Å². The molecule has 3 aromatic heterocycles. The van der Waals surface area contributed by atoms with E-state index in [-0.39, 0.29) is 0 Å². The van der Waals surface area contributed by atoms with E-state index in [1.807, 2.05) is 27.7 Å². The van der Waals surface area contributed by atoms with Crippen molar-refractivity contribution in [2.75, 3.05) is 0 Å². The Kier molecular flexibility index (Phi) is 2.69. The zero-order chi connectivity index (χ0) is 10.8. The lowest BCUT2D eigenvalue weighted by atomic mass is 10.4. The van der Waals surface area contributed by atoms with Crippen molar-refractivity contribution in [3.8, 4) is 0 Å². The second kappa shape index (κ2) is 4.32. The summed E-state index contributed by atoms with van der Waals surface area (Å²) in [5.74, 6) is 0. The monoisotopic (exact) mass is 250 g/mol. The fourth-order valence-corrected chi connectivity index (χ4v) is 2.79. The predicted octanol–water partition coefficient (Wildman–Crippen LogP) is 2.14. The van der Waals surface area contributed by atoms with Crippen molar-refractivity contribution in [2.24, 2.45) is 0 Å². The topological polar surface area (TPSA) is 42.2 Å². The Labute approximate surface area is 101 Å². The van der Waals surface area contributed by atoms with Gasteiger partial charge in [0.2, 0.25) is 0 Å². The van der Waals surface area contributed by atoms with Gasteiger partial charge in [-0.2, -0.15) is 0 Å². The molecule has 0 saturated heterocycles. The van der Waals surface area contributed by atoms with Gasteiger partial charge in [0, 0.05) is 41.9 Å². The molecule has 3 rings (SSSR count). The number of nitrogens with one attached hydrogen (secondary N) is 1. The predicted molar refractivity (Wildman–Crippen MR) is 65.7 cm³/mol. The van der Waals surface area contributed by atoms with Crippen molar-refractivity contribution in [3.63, 3.8) is 0 Å². The Hall–Kier alpha value is -1.24. The largest absolute Gasteiger partial charge is 0.306 e. The van der Waals surface area contributed by atoms with E-state index in [4.69, 9.17) is 0 Å². The fourth-order valence-electron chi connectivity index (χ4n) is 1.50. The Morgan fingerprint density at radius 3 is 3.12 bits per heavy atom. The Balaban J connectivity index is 1.61. The molecule has 0 unspecified atom stereocenters. The fraction of sp³-hybridized carbons (Fsp3) is 0.200. The van der Waals surface area contributed by atoms with Gasteiger partial charge in [-0.3, -0.25) is 9.38 Å². The number of thiazole rings is 2. The summed E-state index contributed by atoms with van der Waals surface area (Å²) in [4.78, 5) is 10.8. The Morgan fingerprint density at radius 1 is 1.31 bits per heavy atom. The van der Waals surface area contributed by atoms with Gasteiger partial charge in [-0.25, -0.2) is 4.98 Å². The van der Waals surface area contributed by atoms with Crippen molar-refractivity contribution in [3.05, 3.63) is 40.1 Å². The summed E-state index contributed by atoms with van der Waals surface area (Å²) < 4.78 is 2.05. The van der Waals surface area contributed by atoms with Crippen molar-refractivity contribution in [2.45, 2.75) is 13.1 Å². The van der Waals surface area contributed by atoms with Crippen LogP contribution in [0.1, 0.15) is 10.6 Å². The highest BCUT2D eigenvalue weighted by molar-refractivity contribution is 7.15. The molecule has 0 saturated carbocycles. The number of fused-ring (bicyclic) bond motifs is 1. The van der Waals surface area contributed by atoms with Crippen LogP contribution in [0.3, 0.4) is 0 Å². The van der Waals surface area contributed by atoms with E-state index in [1.54, 1.807) is 22.7 Å². The highest BCUT2D eigenvalue weighted by Crippen LogP contribution is 2.11. The standard InChI is InChI=1S/C10H10N4S2/c1-2-15-10-13-8(6-14(1)10)3-11-4-9-5-12-7-16-9/h1-2,5-7,11H,3-4H2. The van der Waals surface area contributed by atoms with Crippen molar-refractivity contribution in [1.82, 2.24) is 19.7 Å². The maximum absolute atomic E-state index is 4.50. The van der Waals surface area contributed by atoms with E-state index in [9.17, 15) is 0 Å². The van der Waals surface area contributed by atoms with Gasteiger partial charge in [0.25, 0.3) is 0 Å². The summed E-state index contributed by atoms with van der Waals surface area (Å²) in [6.45, 7) is 1.65. The molecule has 3 aromatic rings. The van der Waals surface area contributed by atoms with Gasteiger partial charge >= 0.3 is 0 Å². The third kappa shape index (κ3) is 1.99. The van der Waals surface area contributed by atoms with Crippen molar-refractivity contribution in [1.29, 1.82) is 0 Å². The molecule has 0 aromatic carbocycles. The SMILES string of the molecule is c1ncc(CNCc2cn3ccsc3n2)s1. The Morgan fingerprint density at radius 2 is 2.31 bits per heavy atom. The highest BCUT2D eigenvalue weighted by atomic mass is 32.1. The number of hydrogen-bond acceptors (Lipinski definition) is 5. The van der Waals surface area contributed by atoms with Crippen LogP contribution in [0.2, 0.25) is 0 Å². The van der Waals surface area contributed by atoms with Crippen LogP contribution in [0.15, 0.2) is 29.5 Å². The average Bonchev–Trinajstić information content (AvgIpc) is 2.91. The molecule has 0 aliphatic carbocycles. The first-order chi connectivity index (χ1) is 7.92. The summed E-state index contributed by atoms with van der Waals surface area (Å²) in [6, 6.07) is 0. The minimum atomic E-state index is 0.798. The molecule has 1 N–H and O–H groups in total. The highest BCUT2D eigenvalue weighted by Gasteiger charge is 2.02. The van der Waals surface area contributed by atoms with Gasteiger partial charge in [0.05, 0.1) is 11.2 Å². The average molecular weight is 250 g/mol. The molecule has 0 bridgehead atoms. The quantitative estimate of drug-likeness (QED) is 0.771. The van der Waals surface area contributed by atoms with Crippen LogP contribution in [-0.4, -0.2) is 14.4 Å². The van der Waals surface area contributed by atoms with Crippen LogP contribution in [0.4, 0.5) is 0 Å². The normalized spacial score (nSPS) is 11.2. The molecule has 16 heavy (non-hydrogen) atoms. The third-order valence-electron chi connectivity index (χ3n) is 2.23. The van der Waals surface area contributed by atoms with Gasteiger partial charge in [-0.1, -0.05) is 0 Å². The van der Waals surface area contributed by atoms with Gasteiger partial charge < -0.3 is 5.32 Å². The molecular weight excluding hydrogens is 240 g/mol. The lowest BCUT2D eigenvalue weighted by Crippen LogP contribution is -2.11. The smallest absolute Gasteiger partial charge is 0.193 e. The van der Waals surface area contributed by atoms with E-state index in [1.165, 1.54) is 4.88 Å². The molecule has 0 radical (unpaired) electrons. The molecule has 6 heteroatoms. The summed E-state index contributed by atoms with van der Waals surface area (Å²) in [5.41, 5.74) is 2.93. The summed E-state index contributed by atoms with van der Waals surface area (Å²) in [7, 11) is 0. The number of rotatable bonds is 4. The number of hydrogen-bond donors (Lipinski definition) is 1. The van der Waals surface area contributed by atoms with E-state index in [2.05, 4.69) is 21.5 Å². The molecule has 0 spiro atoms.